The molecule has 19 heavy (non-hydrogen) atoms. The van der Waals surface area contributed by atoms with Crippen molar-refractivity contribution in [2.24, 2.45) is 5.92 Å². The van der Waals surface area contributed by atoms with E-state index in [4.69, 9.17) is 17.3 Å². The quantitative estimate of drug-likeness (QED) is 0.803. The Morgan fingerprint density at radius 3 is 2.74 bits per heavy atom. The molecule has 2 N–H and O–H groups in total. The second-order valence-corrected chi connectivity index (χ2v) is 6.10. The van der Waals surface area contributed by atoms with E-state index in [1.165, 1.54) is 38.5 Å². The highest BCUT2D eigenvalue weighted by Gasteiger charge is 2.35. The number of hydrogen-bond acceptors (Lipinski definition) is 4. The normalized spacial score (nSPS) is 27.2. The standard InChI is InChI=1S/C14H21ClN4/c1-9-12(16)13(18-14(15)17-9)19-8-4-6-10-5-2-3-7-11(10)19/h10-11H,2-8,16H2,1H3/t10-,11-/m1/s1. The minimum Gasteiger partial charge on any atom is -0.394 e. The molecule has 1 saturated heterocycles. The van der Waals surface area contributed by atoms with E-state index in [1.54, 1.807) is 0 Å². The van der Waals surface area contributed by atoms with Gasteiger partial charge in [-0.05, 0) is 50.1 Å². The molecule has 2 heterocycles. The van der Waals surface area contributed by atoms with Crippen molar-refractivity contribution in [2.75, 3.05) is 17.2 Å². The van der Waals surface area contributed by atoms with Crippen LogP contribution in [0.2, 0.25) is 5.28 Å². The molecule has 1 saturated carbocycles. The van der Waals surface area contributed by atoms with Crippen molar-refractivity contribution < 1.29 is 0 Å². The van der Waals surface area contributed by atoms with Crippen molar-refractivity contribution in [3.8, 4) is 0 Å². The Balaban J connectivity index is 1.96. The lowest BCUT2D eigenvalue weighted by molar-refractivity contribution is 0.243. The molecule has 4 nitrogen and oxygen atoms in total. The Bertz CT molecular complexity index is 475. The zero-order valence-corrected chi connectivity index (χ0v) is 12.2. The number of piperidine rings is 1. The van der Waals surface area contributed by atoms with Gasteiger partial charge in [0.2, 0.25) is 5.28 Å². The average Bonchev–Trinajstić information content (AvgIpc) is 2.42. The highest BCUT2D eigenvalue weighted by atomic mass is 35.5. The maximum atomic E-state index is 6.18. The van der Waals surface area contributed by atoms with Crippen molar-refractivity contribution in [3.05, 3.63) is 11.0 Å². The molecule has 1 aliphatic heterocycles. The largest absolute Gasteiger partial charge is 0.394 e. The van der Waals surface area contributed by atoms with Crippen molar-refractivity contribution in [1.82, 2.24) is 9.97 Å². The minimum absolute atomic E-state index is 0.305. The molecule has 1 aromatic rings. The first-order valence-electron chi connectivity index (χ1n) is 7.23. The predicted molar refractivity (Wildman–Crippen MR) is 78.5 cm³/mol. The second-order valence-electron chi connectivity index (χ2n) is 5.76. The fourth-order valence-corrected chi connectivity index (χ4v) is 3.85. The maximum Gasteiger partial charge on any atom is 0.224 e. The van der Waals surface area contributed by atoms with Gasteiger partial charge >= 0.3 is 0 Å². The van der Waals surface area contributed by atoms with E-state index in [9.17, 15) is 0 Å². The van der Waals surface area contributed by atoms with Crippen LogP contribution in [0.5, 0.6) is 0 Å². The highest BCUT2D eigenvalue weighted by Crippen LogP contribution is 2.39. The van der Waals surface area contributed by atoms with Crippen LogP contribution in [0, 0.1) is 12.8 Å². The van der Waals surface area contributed by atoms with Gasteiger partial charge in [-0.2, -0.15) is 4.98 Å². The van der Waals surface area contributed by atoms with Crippen molar-refractivity contribution in [3.63, 3.8) is 0 Å². The van der Waals surface area contributed by atoms with Crippen LogP contribution in [-0.2, 0) is 0 Å². The van der Waals surface area contributed by atoms with Crippen molar-refractivity contribution in [2.45, 2.75) is 51.5 Å². The van der Waals surface area contributed by atoms with E-state index in [0.717, 1.165) is 24.0 Å². The van der Waals surface area contributed by atoms with Gasteiger partial charge in [-0.3, -0.25) is 0 Å². The van der Waals surface area contributed by atoms with Gasteiger partial charge in [-0.25, -0.2) is 4.98 Å². The number of hydrogen-bond donors (Lipinski definition) is 1. The molecule has 3 rings (SSSR count). The van der Waals surface area contributed by atoms with Gasteiger partial charge in [-0.1, -0.05) is 12.8 Å². The Kier molecular flexibility index (Phi) is 3.52. The van der Waals surface area contributed by atoms with Crippen molar-refractivity contribution in [1.29, 1.82) is 0 Å². The SMILES string of the molecule is Cc1nc(Cl)nc(N2CCC[C@H]3CCCC[C@H]32)c1N. The Hall–Kier alpha value is -1.03. The predicted octanol–water partition coefficient (Wildman–Crippen LogP) is 3.18. The van der Waals surface area contributed by atoms with Crippen LogP contribution in [0.15, 0.2) is 0 Å². The fraction of sp³-hybridized carbons (Fsp3) is 0.714. The highest BCUT2D eigenvalue weighted by molar-refractivity contribution is 6.28. The van der Waals surface area contributed by atoms with Gasteiger partial charge in [0.1, 0.15) is 0 Å². The first kappa shape index (κ1) is 13.0. The number of nitrogens with zero attached hydrogens (tertiary/aromatic N) is 3. The molecular weight excluding hydrogens is 260 g/mol. The summed E-state index contributed by atoms with van der Waals surface area (Å²) in [4.78, 5) is 10.9. The molecule has 0 spiro atoms. The van der Waals surface area contributed by atoms with E-state index < -0.39 is 0 Å². The van der Waals surface area contributed by atoms with E-state index in [1.807, 2.05) is 6.92 Å². The summed E-state index contributed by atoms with van der Waals surface area (Å²) < 4.78 is 0. The second kappa shape index (κ2) is 5.16. The van der Waals surface area contributed by atoms with E-state index >= 15 is 0 Å². The van der Waals surface area contributed by atoms with Crippen LogP contribution >= 0.6 is 11.6 Å². The Labute approximate surface area is 119 Å². The summed E-state index contributed by atoms with van der Waals surface area (Å²) >= 11 is 6.01. The van der Waals surface area contributed by atoms with Gasteiger partial charge in [0, 0.05) is 12.6 Å². The third kappa shape index (κ3) is 2.38. The molecule has 0 radical (unpaired) electrons. The topological polar surface area (TPSA) is 55.0 Å². The smallest absolute Gasteiger partial charge is 0.224 e. The molecule has 2 fully saturated rings. The lowest BCUT2D eigenvalue weighted by Crippen LogP contribution is -2.47. The molecule has 0 amide bonds. The summed E-state index contributed by atoms with van der Waals surface area (Å²) in [6.45, 7) is 2.94. The number of rotatable bonds is 1. The van der Waals surface area contributed by atoms with Gasteiger partial charge < -0.3 is 10.6 Å². The molecule has 1 aromatic heterocycles. The first-order chi connectivity index (χ1) is 9.16. The van der Waals surface area contributed by atoms with Crippen molar-refractivity contribution >= 4 is 23.1 Å². The number of aromatic nitrogens is 2. The van der Waals surface area contributed by atoms with Gasteiger partial charge in [0.15, 0.2) is 5.82 Å². The van der Waals surface area contributed by atoms with Crippen LogP contribution < -0.4 is 10.6 Å². The molecular formula is C14H21ClN4. The molecule has 0 unspecified atom stereocenters. The molecule has 5 heteroatoms. The summed E-state index contributed by atoms with van der Waals surface area (Å²) in [7, 11) is 0. The number of anilines is 2. The first-order valence-corrected chi connectivity index (χ1v) is 7.61. The van der Waals surface area contributed by atoms with Crippen LogP contribution in [0.1, 0.15) is 44.2 Å². The summed E-state index contributed by atoms with van der Waals surface area (Å²) in [5.74, 6) is 1.66. The van der Waals surface area contributed by atoms with E-state index in [0.29, 0.717) is 17.0 Å². The van der Waals surface area contributed by atoms with Gasteiger partial charge in [0.05, 0.1) is 11.4 Å². The molecule has 2 atom stereocenters. The lowest BCUT2D eigenvalue weighted by Gasteiger charge is -2.45. The lowest BCUT2D eigenvalue weighted by atomic mass is 9.78. The Morgan fingerprint density at radius 2 is 1.89 bits per heavy atom. The van der Waals surface area contributed by atoms with Crippen LogP contribution in [-0.4, -0.2) is 22.6 Å². The zero-order chi connectivity index (χ0) is 13.4. The summed E-state index contributed by atoms with van der Waals surface area (Å²) in [5.41, 5.74) is 7.65. The van der Waals surface area contributed by atoms with Gasteiger partial charge in [0.25, 0.3) is 0 Å². The fourth-order valence-electron chi connectivity index (χ4n) is 3.64. The number of nitrogen functional groups attached to an aromatic ring is 1. The third-order valence-electron chi connectivity index (χ3n) is 4.60. The molecule has 0 bridgehead atoms. The molecule has 1 aliphatic carbocycles. The minimum atomic E-state index is 0.305. The molecule has 0 aromatic carbocycles. The van der Waals surface area contributed by atoms with Gasteiger partial charge in [-0.15, -0.1) is 0 Å². The number of aryl methyl sites for hydroxylation is 1. The summed E-state index contributed by atoms with van der Waals surface area (Å²) in [5, 5.41) is 0.305. The van der Waals surface area contributed by atoms with Crippen LogP contribution in [0.4, 0.5) is 11.5 Å². The Morgan fingerprint density at radius 1 is 1.16 bits per heavy atom. The monoisotopic (exact) mass is 280 g/mol. The summed E-state index contributed by atoms with van der Waals surface area (Å²) in [6, 6.07) is 0.593. The molecule has 104 valence electrons. The van der Waals surface area contributed by atoms with Crippen LogP contribution in [0.25, 0.3) is 0 Å². The third-order valence-corrected chi connectivity index (χ3v) is 4.77. The maximum absolute atomic E-state index is 6.18. The average molecular weight is 281 g/mol. The summed E-state index contributed by atoms with van der Waals surface area (Å²) in [6.07, 6.45) is 7.85. The molecule has 2 aliphatic rings. The van der Waals surface area contributed by atoms with E-state index in [2.05, 4.69) is 14.9 Å². The number of nitrogens with two attached hydrogens (primary N) is 1. The number of fused-ring (bicyclic) bond motifs is 1. The van der Waals surface area contributed by atoms with Crippen LogP contribution in [0.3, 0.4) is 0 Å². The number of halogens is 1. The zero-order valence-electron chi connectivity index (χ0n) is 11.4. The van der Waals surface area contributed by atoms with E-state index in [-0.39, 0.29) is 0 Å².